The van der Waals surface area contributed by atoms with Crippen molar-refractivity contribution in [2.24, 2.45) is 0 Å². The van der Waals surface area contributed by atoms with Gasteiger partial charge in [0.1, 0.15) is 18.0 Å². The molecule has 3 aliphatic heterocycles. The summed E-state index contributed by atoms with van der Waals surface area (Å²) in [6.07, 6.45) is 2.72. The number of fused-ring (bicyclic) bond motifs is 2. The molecule has 0 N–H and O–H groups in total. The van der Waals surface area contributed by atoms with Gasteiger partial charge in [-0.2, -0.15) is 9.97 Å². The Morgan fingerprint density at radius 3 is 2.15 bits per heavy atom. The molecule has 0 bridgehead atoms. The molecule has 5 aromatic rings. The van der Waals surface area contributed by atoms with Crippen LogP contribution in [0.25, 0.3) is 10.8 Å². The van der Waals surface area contributed by atoms with E-state index >= 15 is 0 Å². The first-order valence-corrected chi connectivity index (χ1v) is 24.1. The van der Waals surface area contributed by atoms with Crippen molar-refractivity contribution in [1.82, 2.24) is 19.8 Å². The molecule has 2 saturated heterocycles. The summed E-state index contributed by atoms with van der Waals surface area (Å²) in [7, 11) is -0.758. The third kappa shape index (κ3) is 9.01. The Labute approximate surface area is 364 Å². The lowest BCUT2D eigenvalue weighted by Gasteiger charge is -2.47. The molecule has 322 valence electrons. The van der Waals surface area contributed by atoms with Gasteiger partial charge in [0.2, 0.25) is 0 Å². The third-order valence-corrected chi connectivity index (χ3v) is 17.7. The normalized spacial score (nSPS) is 19.0. The van der Waals surface area contributed by atoms with Crippen LogP contribution in [0.5, 0.6) is 6.01 Å². The molecule has 4 aromatic carbocycles. The number of nitrogens with zero attached hydrogens (tertiary/aromatic N) is 6. The minimum atomic E-state index is -2.93. The molecule has 4 heterocycles. The van der Waals surface area contributed by atoms with Gasteiger partial charge in [0.05, 0.1) is 24.9 Å². The van der Waals surface area contributed by atoms with Crippen LogP contribution in [0.4, 0.5) is 16.3 Å². The van der Waals surface area contributed by atoms with Crippen molar-refractivity contribution in [2.75, 3.05) is 62.8 Å². The van der Waals surface area contributed by atoms with Gasteiger partial charge in [-0.05, 0) is 93.0 Å². The summed E-state index contributed by atoms with van der Waals surface area (Å²) in [6, 6.07) is 35.2. The number of hydrogen-bond donors (Lipinski definition) is 0. The van der Waals surface area contributed by atoms with Gasteiger partial charge in [0.25, 0.3) is 8.32 Å². The molecule has 8 rings (SSSR count). The average Bonchev–Trinajstić information content (AvgIpc) is 3.66. The van der Waals surface area contributed by atoms with Gasteiger partial charge in [-0.15, -0.1) is 0 Å². The molecule has 10 nitrogen and oxygen atoms in total. The largest absolute Gasteiger partial charge is 0.462 e. The Bertz CT molecular complexity index is 2270. The van der Waals surface area contributed by atoms with Gasteiger partial charge >= 0.3 is 12.1 Å². The van der Waals surface area contributed by atoms with E-state index in [9.17, 15) is 4.79 Å². The first kappa shape index (κ1) is 42.7. The summed E-state index contributed by atoms with van der Waals surface area (Å²) in [5, 5.41) is 4.70. The molecular formula is C50H64N6O4Si. The highest BCUT2D eigenvalue weighted by Crippen LogP contribution is 2.39. The number of hydrogen-bond acceptors (Lipinski definition) is 9. The van der Waals surface area contributed by atoms with Gasteiger partial charge in [-0.1, -0.05) is 112 Å². The van der Waals surface area contributed by atoms with Crippen molar-refractivity contribution in [3.63, 3.8) is 0 Å². The molecule has 1 aromatic heterocycles. The Balaban J connectivity index is 1.20. The molecule has 61 heavy (non-hydrogen) atoms. The number of rotatable bonds is 10. The number of aryl methyl sites for hydroxylation is 1. The molecule has 1 unspecified atom stereocenters. The minimum Gasteiger partial charge on any atom is -0.462 e. The molecular weight excluding hydrogens is 777 g/mol. The second-order valence-corrected chi connectivity index (χ2v) is 23.6. The summed E-state index contributed by atoms with van der Waals surface area (Å²) in [5.74, 6) is 0.883. The molecule has 0 aliphatic carbocycles. The predicted molar refractivity (Wildman–Crippen MR) is 249 cm³/mol. The van der Waals surface area contributed by atoms with Crippen LogP contribution in [0, 0.1) is 6.92 Å². The molecule has 0 saturated carbocycles. The lowest BCUT2D eigenvalue weighted by Crippen LogP contribution is -2.68. The second kappa shape index (κ2) is 17.4. The van der Waals surface area contributed by atoms with Gasteiger partial charge in [-0.25, -0.2) is 4.79 Å². The number of likely N-dealkylation sites (tertiary alicyclic amines) is 1. The van der Waals surface area contributed by atoms with Crippen molar-refractivity contribution in [1.29, 1.82) is 0 Å². The van der Waals surface area contributed by atoms with E-state index < -0.39 is 13.9 Å². The number of aromatic nitrogens is 2. The maximum absolute atomic E-state index is 13.8. The van der Waals surface area contributed by atoms with Crippen LogP contribution >= 0.6 is 0 Å². The summed E-state index contributed by atoms with van der Waals surface area (Å²) in [4.78, 5) is 33.4. The van der Waals surface area contributed by atoms with Crippen molar-refractivity contribution < 1.29 is 18.7 Å². The Hall–Kier alpha value is -4.97. The van der Waals surface area contributed by atoms with E-state index in [1.807, 2.05) is 25.7 Å². The van der Waals surface area contributed by atoms with Gasteiger partial charge in [0.15, 0.2) is 0 Å². The van der Waals surface area contributed by atoms with Crippen LogP contribution in [-0.2, 0) is 22.1 Å². The van der Waals surface area contributed by atoms with E-state index in [0.29, 0.717) is 51.4 Å². The van der Waals surface area contributed by atoms with Gasteiger partial charge in [-0.3, -0.25) is 0 Å². The predicted octanol–water partition coefficient (Wildman–Crippen LogP) is 7.98. The third-order valence-electron chi connectivity index (χ3n) is 12.7. The fraction of sp³-hybridized carbons (Fsp3) is 0.460. The van der Waals surface area contributed by atoms with E-state index in [1.165, 1.54) is 32.4 Å². The van der Waals surface area contributed by atoms with E-state index in [4.69, 9.17) is 23.9 Å². The molecule has 3 aliphatic rings. The number of benzene rings is 4. The topological polar surface area (TPSA) is 83.5 Å². The molecule has 0 radical (unpaired) electrons. The standard InChI is InChI=1S/C50H64N6O4Si/c1-36-30-37-18-15-16-24-42(37)45(31-36)54-27-25-43-44(33-54)51-47(58-34-38-19-17-26-53(38)8)52-46(43)56-29-28-55(48(57)60-49(2,3)4)32-39(56)35-59-61(50(5,6)7,40-20-11-9-12-21-40)41-22-13-10-14-23-41/h9-16,18,20-24,30-31,38-39H,17,19,25-29,32-35H2,1-8H3/t38-,39?/m0/s1. The number of carbonyl (C=O) groups excluding carboxylic acids is 1. The van der Waals surface area contributed by atoms with Crippen molar-refractivity contribution in [3.8, 4) is 6.01 Å². The maximum Gasteiger partial charge on any atom is 0.410 e. The van der Waals surface area contributed by atoms with Gasteiger partial charge in [0, 0.05) is 48.9 Å². The summed E-state index contributed by atoms with van der Waals surface area (Å²) in [6.45, 7) is 19.8. The second-order valence-electron chi connectivity index (χ2n) is 19.3. The van der Waals surface area contributed by atoms with Crippen molar-refractivity contribution in [3.05, 3.63) is 114 Å². The molecule has 11 heteroatoms. The average molecular weight is 841 g/mol. The fourth-order valence-electron chi connectivity index (χ4n) is 9.71. The Morgan fingerprint density at radius 1 is 0.803 bits per heavy atom. The first-order valence-electron chi connectivity index (χ1n) is 22.2. The molecule has 1 amide bonds. The maximum atomic E-state index is 13.8. The minimum absolute atomic E-state index is 0.216. The Morgan fingerprint density at radius 2 is 1.49 bits per heavy atom. The van der Waals surface area contributed by atoms with Gasteiger partial charge < -0.3 is 33.5 Å². The van der Waals surface area contributed by atoms with E-state index in [1.54, 1.807) is 0 Å². The highest BCUT2D eigenvalue weighted by atomic mass is 28.4. The smallest absolute Gasteiger partial charge is 0.410 e. The zero-order chi connectivity index (χ0) is 42.9. The van der Waals surface area contributed by atoms with Crippen LogP contribution in [-0.4, -0.2) is 105 Å². The number of ether oxygens (including phenoxy) is 2. The fourth-order valence-corrected chi connectivity index (χ4v) is 14.3. The molecule has 0 spiro atoms. The summed E-state index contributed by atoms with van der Waals surface area (Å²) in [5.41, 5.74) is 3.96. The van der Waals surface area contributed by atoms with E-state index in [0.717, 1.165) is 49.4 Å². The monoisotopic (exact) mass is 840 g/mol. The Kier molecular flexibility index (Phi) is 12.2. The van der Waals surface area contributed by atoms with E-state index in [-0.39, 0.29) is 17.2 Å². The number of likely N-dealkylation sites (N-methyl/N-ethyl adjacent to an activating group) is 1. The van der Waals surface area contributed by atoms with Crippen molar-refractivity contribution >= 4 is 47.1 Å². The highest BCUT2D eigenvalue weighted by Gasteiger charge is 2.51. The SMILES string of the molecule is Cc1cc(N2CCc3c(nc(OC[C@@H]4CCCN4C)nc3N3CCN(C(=O)OC(C)(C)C)CC3CO[Si](c3ccccc3)(c3ccccc3)C(C)(C)C)C2)c2ccccc2c1. The van der Waals surface area contributed by atoms with Crippen LogP contribution in [0.2, 0.25) is 5.04 Å². The summed E-state index contributed by atoms with van der Waals surface area (Å²) < 4.78 is 20.2. The van der Waals surface area contributed by atoms with Crippen LogP contribution in [0.15, 0.2) is 97.1 Å². The summed E-state index contributed by atoms with van der Waals surface area (Å²) >= 11 is 0. The lowest BCUT2D eigenvalue weighted by atomic mass is 10.00. The van der Waals surface area contributed by atoms with E-state index in [2.05, 4.69) is 147 Å². The number of carbonyl (C=O) groups is 1. The quantitative estimate of drug-likeness (QED) is 0.130. The van der Waals surface area contributed by atoms with Crippen molar-refractivity contribution in [2.45, 2.75) is 97.0 Å². The van der Waals surface area contributed by atoms with Crippen LogP contribution in [0.1, 0.15) is 71.2 Å². The number of piperazine rings is 1. The lowest BCUT2D eigenvalue weighted by molar-refractivity contribution is 0.0199. The highest BCUT2D eigenvalue weighted by molar-refractivity contribution is 6.99. The first-order chi connectivity index (χ1) is 29.2. The molecule has 2 fully saturated rings. The zero-order valence-corrected chi connectivity index (χ0v) is 38.5. The molecule has 2 atom stereocenters. The number of anilines is 2. The van der Waals surface area contributed by atoms with Crippen LogP contribution in [0.3, 0.4) is 0 Å². The van der Waals surface area contributed by atoms with Crippen LogP contribution < -0.4 is 24.9 Å². The zero-order valence-electron chi connectivity index (χ0n) is 37.5. The number of amides is 1.